The molecule has 7 heteroatoms. The molecule has 4 rings (SSSR count). The summed E-state index contributed by atoms with van der Waals surface area (Å²) in [5.74, 6) is 0.631. The number of amides is 1. The third-order valence-corrected chi connectivity index (χ3v) is 6.24. The summed E-state index contributed by atoms with van der Waals surface area (Å²) in [5, 5.41) is 0. The molecule has 5 nitrogen and oxygen atoms in total. The molecule has 1 aromatic carbocycles. The molecular weight excluding hydrogens is 508 g/mol. The zero-order valence-corrected chi connectivity index (χ0v) is 20.9. The smallest absolute Gasteiger partial charge is 0.414 e. The molecule has 164 valence electrons. The summed E-state index contributed by atoms with van der Waals surface area (Å²) >= 11 is 2.27. The predicted molar refractivity (Wildman–Crippen MR) is 128 cm³/mol. The summed E-state index contributed by atoms with van der Waals surface area (Å²) in [7, 11) is 0. The van der Waals surface area contributed by atoms with Gasteiger partial charge in [-0.25, -0.2) is 14.2 Å². The lowest BCUT2D eigenvalue weighted by Crippen LogP contribution is -2.38. The monoisotopic (exact) mass is 535 g/mol. The van der Waals surface area contributed by atoms with E-state index in [2.05, 4.69) is 46.9 Å². The minimum absolute atomic E-state index is 0.254. The second kappa shape index (κ2) is 7.46. The second-order valence-corrected chi connectivity index (χ2v) is 10.8. The molecule has 0 saturated carbocycles. The molecule has 0 radical (unpaired) electrons. The van der Waals surface area contributed by atoms with E-state index in [4.69, 9.17) is 9.72 Å². The molecule has 1 aliphatic heterocycles. The van der Waals surface area contributed by atoms with Crippen LogP contribution in [0.5, 0.6) is 0 Å². The van der Waals surface area contributed by atoms with Gasteiger partial charge in [0.1, 0.15) is 20.9 Å². The van der Waals surface area contributed by atoms with Crippen LogP contribution in [-0.4, -0.2) is 27.6 Å². The van der Waals surface area contributed by atoms with Crippen LogP contribution in [0.25, 0.3) is 5.52 Å². The maximum atomic E-state index is 13.4. The fraction of sp³-hybridized carbons (Fsp3) is 0.417. The number of aryl methyl sites for hydroxylation is 1. The Bertz CT molecular complexity index is 1180. The standard InChI is InChI=1S/C24H27FIN3O2/c1-14-27-21(26)19-16(11-15-7-9-17(25)10-8-15)12-18-20(29(14)19)24(5,6)13-28(18)22(30)31-23(2,3)4/h7-10,12H,11,13H2,1-6H3. The van der Waals surface area contributed by atoms with Crippen molar-refractivity contribution in [3.05, 3.63) is 62.5 Å². The van der Waals surface area contributed by atoms with Crippen LogP contribution in [0, 0.1) is 16.4 Å². The van der Waals surface area contributed by atoms with Crippen molar-refractivity contribution in [2.45, 2.75) is 59.0 Å². The first-order valence-corrected chi connectivity index (χ1v) is 11.4. The molecule has 0 unspecified atom stereocenters. The topological polar surface area (TPSA) is 46.8 Å². The van der Waals surface area contributed by atoms with Crippen LogP contribution in [0.15, 0.2) is 30.3 Å². The highest BCUT2D eigenvalue weighted by molar-refractivity contribution is 14.1. The third kappa shape index (κ3) is 4.04. The maximum Gasteiger partial charge on any atom is 0.414 e. The van der Waals surface area contributed by atoms with Crippen LogP contribution in [-0.2, 0) is 16.6 Å². The Labute approximate surface area is 195 Å². The number of fused-ring (bicyclic) bond motifs is 3. The fourth-order valence-electron chi connectivity index (χ4n) is 4.31. The second-order valence-electron chi connectivity index (χ2n) is 9.79. The Morgan fingerprint density at radius 1 is 1.26 bits per heavy atom. The van der Waals surface area contributed by atoms with Crippen LogP contribution >= 0.6 is 22.6 Å². The molecular formula is C24H27FIN3O2. The first-order valence-electron chi connectivity index (χ1n) is 10.3. The Hall–Kier alpha value is -2.16. The van der Waals surface area contributed by atoms with E-state index in [9.17, 15) is 9.18 Å². The number of anilines is 1. The number of carbonyl (C=O) groups is 1. The van der Waals surface area contributed by atoms with Crippen molar-refractivity contribution in [2.75, 3.05) is 11.4 Å². The van der Waals surface area contributed by atoms with Crippen molar-refractivity contribution < 1.29 is 13.9 Å². The molecule has 31 heavy (non-hydrogen) atoms. The van der Waals surface area contributed by atoms with Crippen LogP contribution in [0.2, 0.25) is 0 Å². The van der Waals surface area contributed by atoms with Gasteiger partial charge in [0.15, 0.2) is 0 Å². The minimum Gasteiger partial charge on any atom is -0.443 e. The van der Waals surface area contributed by atoms with E-state index in [0.29, 0.717) is 13.0 Å². The summed E-state index contributed by atoms with van der Waals surface area (Å²) < 4.78 is 22.2. The predicted octanol–water partition coefficient (Wildman–Crippen LogP) is 6.01. The van der Waals surface area contributed by atoms with E-state index in [1.807, 2.05) is 27.7 Å². The molecule has 0 aliphatic carbocycles. The third-order valence-electron chi connectivity index (χ3n) is 5.49. The van der Waals surface area contributed by atoms with Crippen molar-refractivity contribution in [3.63, 3.8) is 0 Å². The van der Waals surface area contributed by atoms with Crippen molar-refractivity contribution in [2.24, 2.45) is 0 Å². The highest BCUT2D eigenvalue weighted by Crippen LogP contribution is 2.44. The largest absolute Gasteiger partial charge is 0.443 e. The number of pyridine rings is 1. The number of hydrogen-bond acceptors (Lipinski definition) is 3. The lowest BCUT2D eigenvalue weighted by molar-refractivity contribution is 0.0579. The first-order chi connectivity index (χ1) is 14.4. The average Bonchev–Trinajstić information content (AvgIpc) is 3.08. The SMILES string of the molecule is Cc1nc(I)c2c(Cc3ccc(F)cc3)cc3c(n12)C(C)(C)CN3C(=O)OC(C)(C)C. The van der Waals surface area contributed by atoms with Gasteiger partial charge in [-0.15, -0.1) is 0 Å². The van der Waals surface area contributed by atoms with Gasteiger partial charge in [-0.3, -0.25) is 9.30 Å². The number of ether oxygens (including phenoxy) is 1. The van der Waals surface area contributed by atoms with E-state index in [-0.39, 0.29) is 17.3 Å². The number of carbonyl (C=O) groups excluding carboxylic acids is 1. The zero-order valence-electron chi connectivity index (χ0n) is 18.7. The number of aromatic nitrogens is 2. The summed E-state index contributed by atoms with van der Waals surface area (Å²) in [6.45, 7) is 12.4. The molecule has 0 saturated heterocycles. The van der Waals surface area contributed by atoms with Gasteiger partial charge < -0.3 is 4.74 Å². The number of benzene rings is 1. The molecule has 3 heterocycles. The lowest BCUT2D eigenvalue weighted by Gasteiger charge is -2.25. The number of rotatable bonds is 2. The fourth-order valence-corrected chi connectivity index (χ4v) is 5.25. The Morgan fingerprint density at radius 2 is 1.90 bits per heavy atom. The normalized spacial score (nSPS) is 15.4. The van der Waals surface area contributed by atoms with Crippen LogP contribution in [0.3, 0.4) is 0 Å². The molecule has 0 N–H and O–H groups in total. The summed E-state index contributed by atoms with van der Waals surface area (Å²) in [4.78, 5) is 19.6. The molecule has 2 aromatic heterocycles. The Kier molecular flexibility index (Phi) is 5.31. The van der Waals surface area contributed by atoms with Gasteiger partial charge in [0, 0.05) is 12.0 Å². The molecule has 0 bridgehead atoms. The van der Waals surface area contributed by atoms with Gasteiger partial charge in [-0.2, -0.15) is 0 Å². The molecule has 3 aromatic rings. The van der Waals surface area contributed by atoms with Crippen LogP contribution in [0.4, 0.5) is 14.9 Å². The van der Waals surface area contributed by atoms with E-state index < -0.39 is 5.60 Å². The molecule has 0 fully saturated rings. The summed E-state index contributed by atoms with van der Waals surface area (Å²) in [6, 6.07) is 8.62. The number of imidazole rings is 1. The van der Waals surface area contributed by atoms with E-state index in [1.54, 1.807) is 17.0 Å². The Balaban J connectivity index is 1.92. The molecule has 0 spiro atoms. The van der Waals surface area contributed by atoms with Crippen molar-refractivity contribution in [3.8, 4) is 0 Å². The number of halogens is 2. The van der Waals surface area contributed by atoms with Crippen LogP contribution < -0.4 is 4.90 Å². The minimum atomic E-state index is -0.578. The Morgan fingerprint density at radius 3 is 2.52 bits per heavy atom. The quantitative estimate of drug-likeness (QED) is 0.378. The van der Waals surface area contributed by atoms with Gasteiger partial charge in [0.2, 0.25) is 0 Å². The van der Waals surface area contributed by atoms with Gasteiger partial charge >= 0.3 is 6.09 Å². The van der Waals surface area contributed by atoms with E-state index in [0.717, 1.165) is 37.5 Å². The van der Waals surface area contributed by atoms with Gasteiger partial charge in [-0.1, -0.05) is 26.0 Å². The average molecular weight is 535 g/mol. The summed E-state index contributed by atoms with van der Waals surface area (Å²) in [5.41, 5.74) is 4.14. The van der Waals surface area contributed by atoms with Crippen LogP contribution in [0.1, 0.15) is 57.3 Å². The van der Waals surface area contributed by atoms with Crippen molar-refractivity contribution in [1.29, 1.82) is 0 Å². The van der Waals surface area contributed by atoms with E-state index >= 15 is 0 Å². The maximum absolute atomic E-state index is 13.4. The first kappa shape index (κ1) is 22.0. The van der Waals surface area contributed by atoms with E-state index in [1.165, 1.54) is 12.1 Å². The van der Waals surface area contributed by atoms with Gasteiger partial charge in [0.05, 0.1) is 16.9 Å². The van der Waals surface area contributed by atoms with Gasteiger partial charge in [-0.05, 0) is 86.0 Å². The number of hydrogen-bond donors (Lipinski definition) is 0. The molecule has 1 aliphatic rings. The lowest BCUT2D eigenvalue weighted by atomic mass is 9.90. The zero-order chi connectivity index (χ0) is 22.7. The molecule has 1 amide bonds. The number of nitrogens with zero attached hydrogens (tertiary/aromatic N) is 3. The summed E-state index contributed by atoms with van der Waals surface area (Å²) in [6.07, 6.45) is 0.264. The highest BCUT2D eigenvalue weighted by Gasteiger charge is 2.43. The molecule has 0 atom stereocenters. The van der Waals surface area contributed by atoms with Crippen molar-refractivity contribution in [1.82, 2.24) is 9.38 Å². The highest BCUT2D eigenvalue weighted by atomic mass is 127. The van der Waals surface area contributed by atoms with Crippen molar-refractivity contribution >= 4 is 39.9 Å². The van der Waals surface area contributed by atoms with Gasteiger partial charge in [0.25, 0.3) is 0 Å².